The Morgan fingerprint density at radius 3 is 2.55 bits per heavy atom. The standard InChI is InChI=1S/C20H21FN4O3S/c1-13(11-26)25-29(27,28)12-15-4-2-3-5-16(15)14-6-7-17(18(21)8-14)19-9-24-20(22)10-23-19/h2-10,13,25-26H,11-12H2,1H3,(H2,22,24)/t13-/m1/s1. The quantitative estimate of drug-likeness (QED) is 0.544. The fraction of sp³-hybridized carbons (Fsp3) is 0.200. The van der Waals surface area contributed by atoms with Crippen LogP contribution in [0.5, 0.6) is 0 Å². The molecule has 3 aromatic rings. The Balaban J connectivity index is 1.94. The summed E-state index contributed by atoms with van der Waals surface area (Å²) < 4.78 is 41.9. The second-order valence-corrected chi connectivity index (χ2v) is 8.39. The number of halogens is 1. The second kappa shape index (κ2) is 8.64. The molecule has 1 heterocycles. The van der Waals surface area contributed by atoms with E-state index >= 15 is 0 Å². The highest BCUT2D eigenvalue weighted by atomic mass is 32.2. The van der Waals surface area contributed by atoms with Gasteiger partial charge in [-0.2, -0.15) is 0 Å². The zero-order valence-corrected chi connectivity index (χ0v) is 16.5. The number of nitrogen functional groups attached to an aromatic ring is 1. The monoisotopic (exact) mass is 416 g/mol. The van der Waals surface area contributed by atoms with Gasteiger partial charge >= 0.3 is 0 Å². The molecule has 0 spiro atoms. The molecule has 1 atom stereocenters. The maximum Gasteiger partial charge on any atom is 0.216 e. The zero-order chi connectivity index (χ0) is 21.0. The minimum absolute atomic E-state index is 0.241. The summed E-state index contributed by atoms with van der Waals surface area (Å²) in [6, 6.07) is 10.9. The van der Waals surface area contributed by atoms with E-state index in [0.29, 0.717) is 22.4 Å². The Morgan fingerprint density at radius 1 is 1.14 bits per heavy atom. The number of nitrogens with one attached hydrogen (secondary N) is 1. The normalized spacial score (nSPS) is 12.7. The van der Waals surface area contributed by atoms with Gasteiger partial charge in [-0.15, -0.1) is 0 Å². The van der Waals surface area contributed by atoms with Crippen molar-refractivity contribution in [2.45, 2.75) is 18.7 Å². The van der Waals surface area contributed by atoms with Gasteiger partial charge in [0.1, 0.15) is 11.6 Å². The van der Waals surface area contributed by atoms with E-state index in [1.807, 2.05) is 0 Å². The van der Waals surface area contributed by atoms with Crippen molar-refractivity contribution in [1.82, 2.24) is 14.7 Å². The largest absolute Gasteiger partial charge is 0.395 e. The Kier molecular flexibility index (Phi) is 6.21. The van der Waals surface area contributed by atoms with E-state index in [4.69, 9.17) is 10.8 Å². The lowest BCUT2D eigenvalue weighted by Gasteiger charge is -2.14. The van der Waals surface area contributed by atoms with E-state index in [1.54, 1.807) is 43.3 Å². The lowest BCUT2D eigenvalue weighted by molar-refractivity contribution is 0.265. The SMILES string of the molecule is C[C@H](CO)NS(=O)(=O)Cc1ccccc1-c1ccc(-c2cnc(N)cn2)c(F)c1. The molecule has 0 amide bonds. The number of nitrogens with zero attached hydrogens (tertiary/aromatic N) is 2. The molecule has 0 aliphatic heterocycles. The van der Waals surface area contributed by atoms with Gasteiger partial charge in [-0.05, 0) is 35.7 Å². The number of rotatable bonds is 7. The topological polar surface area (TPSA) is 118 Å². The first-order valence-electron chi connectivity index (χ1n) is 8.85. The predicted octanol–water partition coefficient (Wildman–Crippen LogP) is 2.33. The maximum atomic E-state index is 14.8. The number of benzene rings is 2. The van der Waals surface area contributed by atoms with Crippen LogP contribution in [-0.2, 0) is 15.8 Å². The minimum atomic E-state index is -3.68. The zero-order valence-electron chi connectivity index (χ0n) is 15.7. The van der Waals surface area contributed by atoms with Crippen LogP contribution in [0, 0.1) is 5.82 Å². The Hall–Kier alpha value is -2.88. The molecule has 1 aromatic heterocycles. The first-order valence-corrected chi connectivity index (χ1v) is 10.5. The van der Waals surface area contributed by atoms with E-state index in [-0.39, 0.29) is 23.7 Å². The molecule has 9 heteroatoms. The van der Waals surface area contributed by atoms with Crippen LogP contribution in [0.25, 0.3) is 22.4 Å². The summed E-state index contributed by atoms with van der Waals surface area (Å²) in [5.41, 5.74) is 7.79. The molecule has 4 N–H and O–H groups in total. The van der Waals surface area contributed by atoms with Gasteiger partial charge < -0.3 is 10.8 Å². The van der Waals surface area contributed by atoms with Crippen LogP contribution in [0.2, 0.25) is 0 Å². The molecule has 152 valence electrons. The molecule has 0 radical (unpaired) electrons. The maximum absolute atomic E-state index is 14.8. The molecule has 0 fully saturated rings. The van der Waals surface area contributed by atoms with Crippen LogP contribution >= 0.6 is 0 Å². The molecule has 0 aliphatic carbocycles. The third-order valence-electron chi connectivity index (χ3n) is 4.25. The van der Waals surface area contributed by atoms with Gasteiger partial charge in [-0.3, -0.25) is 4.98 Å². The number of sulfonamides is 1. The van der Waals surface area contributed by atoms with Crippen molar-refractivity contribution in [2.75, 3.05) is 12.3 Å². The number of hydrogen-bond acceptors (Lipinski definition) is 6. The molecule has 0 bridgehead atoms. The average Bonchev–Trinajstić information content (AvgIpc) is 2.68. The first kappa shape index (κ1) is 20.8. The van der Waals surface area contributed by atoms with Crippen LogP contribution in [0.15, 0.2) is 54.9 Å². The molecule has 0 aliphatic rings. The summed E-state index contributed by atoms with van der Waals surface area (Å²) >= 11 is 0. The van der Waals surface area contributed by atoms with Crippen molar-refractivity contribution in [2.24, 2.45) is 0 Å². The number of aliphatic hydroxyl groups excluding tert-OH is 1. The highest BCUT2D eigenvalue weighted by molar-refractivity contribution is 7.88. The van der Waals surface area contributed by atoms with E-state index in [2.05, 4.69) is 14.7 Å². The predicted molar refractivity (Wildman–Crippen MR) is 110 cm³/mol. The Labute approximate surface area is 168 Å². The van der Waals surface area contributed by atoms with Gasteiger partial charge in [-0.1, -0.05) is 30.3 Å². The van der Waals surface area contributed by atoms with Crippen molar-refractivity contribution in [1.29, 1.82) is 0 Å². The van der Waals surface area contributed by atoms with E-state index < -0.39 is 21.9 Å². The summed E-state index contributed by atoms with van der Waals surface area (Å²) in [6.45, 7) is 1.26. The van der Waals surface area contributed by atoms with Crippen LogP contribution in [0.1, 0.15) is 12.5 Å². The molecular weight excluding hydrogens is 395 g/mol. The van der Waals surface area contributed by atoms with Crippen molar-refractivity contribution >= 4 is 15.8 Å². The molecule has 3 rings (SSSR count). The van der Waals surface area contributed by atoms with Gasteiger partial charge in [0.2, 0.25) is 10.0 Å². The number of aliphatic hydroxyl groups is 1. The molecule has 29 heavy (non-hydrogen) atoms. The Bertz CT molecular complexity index is 1100. The molecule has 0 saturated carbocycles. The third-order valence-corrected chi connectivity index (χ3v) is 5.70. The highest BCUT2D eigenvalue weighted by Crippen LogP contribution is 2.29. The molecule has 2 aromatic carbocycles. The van der Waals surface area contributed by atoms with Gasteiger partial charge in [0.15, 0.2) is 0 Å². The van der Waals surface area contributed by atoms with Crippen LogP contribution in [0.3, 0.4) is 0 Å². The van der Waals surface area contributed by atoms with Crippen LogP contribution in [0.4, 0.5) is 10.2 Å². The number of aromatic nitrogens is 2. The lowest BCUT2D eigenvalue weighted by atomic mass is 9.98. The van der Waals surface area contributed by atoms with Crippen molar-refractivity contribution < 1.29 is 17.9 Å². The summed E-state index contributed by atoms with van der Waals surface area (Å²) in [5, 5.41) is 9.08. The smallest absolute Gasteiger partial charge is 0.216 e. The first-order chi connectivity index (χ1) is 13.8. The Morgan fingerprint density at radius 2 is 1.90 bits per heavy atom. The molecule has 0 saturated heterocycles. The number of hydrogen-bond donors (Lipinski definition) is 3. The van der Waals surface area contributed by atoms with E-state index in [1.165, 1.54) is 18.5 Å². The van der Waals surface area contributed by atoms with Gasteiger partial charge in [-0.25, -0.2) is 22.5 Å². The summed E-state index contributed by atoms with van der Waals surface area (Å²) in [4.78, 5) is 8.00. The molecular formula is C20H21FN4O3S. The summed E-state index contributed by atoms with van der Waals surface area (Å²) in [7, 11) is -3.68. The number of nitrogens with two attached hydrogens (primary N) is 1. The third kappa shape index (κ3) is 5.14. The van der Waals surface area contributed by atoms with Crippen molar-refractivity contribution in [3.05, 3.63) is 66.2 Å². The van der Waals surface area contributed by atoms with Gasteiger partial charge in [0, 0.05) is 11.6 Å². The van der Waals surface area contributed by atoms with Crippen LogP contribution in [-0.4, -0.2) is 36.1 Å². The minimum Gasteiger partial charge on any atom is -0.395 e. The van der Waals surface area contributed by atoms with Crippen molar-refractivity contribution in [3.8, 4) is 22.4 Å². The fourth-order valence-corrected chi connectivity index (χ4v) is 4.32. The fourth-order valence-electron chi connectivity index (χ4n) is 2.89. The van der Waals surface area contributed by atoms with Crippen LogP contribution < -0.4 is 10.5 Å². The van der Waals surface area contributed by atoms with E-state index in [0.717, 1.165) is 0 Å². The summed E-state index contributed by atoms with van der Waals surface area (Å²) in [6.07, 6.45) is 2.74. The van der Waals surface area contributed by atoms with Gasteiger partial charge in [0.05, 0.1) is 30.4 Å². The highest BCUT2D eigenvalue weighted by Gasteiger charge is 2.18. The average molecular weight is 416 g/mol. The second-order valence-electron chi connectivity index (χ2n) is 6.64. The lowest BCUT2D eigenvalue weighted by Crippen LogP contribution is -2.35. The summed E-state index contributed by atoms with van der Waals surface area (Å²) in [5.74, 6) is -0.559. The van der Waals surface area contributed by atoms with Gasteiger partial charge in [0.25, 0.3) is 0 Å². The number of anilines is 1. The van der Waals surface area contributed by atoms with Crippen molar-refractivity contribution in [3.63, 3.8) is 0 Å². The van der Waals surface area contributed by atoms with E-state index in [9.17, 15) is 12.8 Å². The molecule has 0 unspecified atom stereocenters. The molecule has 7 nitrogen and oxygen atoms in total.